The van der Waals surface area contributed by atoms with Crippen molar-refractivity contribution in [2.45, 2.75) is 45.4 Å². The van der Waals surface area contributed by atoms with E-state index in [-0.39, 0.29) is 11.2 Å². The van der Waals surface area contributed by atoms with Crippen LogP contribution in [0.2, 0.25) is 0 Å². The molecule has 0 atom stereocenters. The summed E-state index contributed by atoms with van der Waals surface area (Å²) in [5, 5.41) is 3.15. The van der Waals surface area contributed by atoms with Gasteiger partial charge in [-0.15, -0.1) is 0 Å². The summed E-state index contributed by atoms with van der Waals surface area (Å²) in [5.41, 5.74) is 1.43. The van der Waals surface area contributed by atoms with Crippen LogP contribution in [-0.2, 0) is 15.9 Å². The maximum atomic E-state index is 6.10. The number of hydrogen-bond donors (Lipinski definition) is 1. The summed E-state index contributed by atoms with van der Waals surface area (Å²) in [4.78, 5) is 0. The van der Waals surface area contributed by atoms with Gasteiger partial charge in [0.2, 0.25) is 0 Å². The molecule has 0 aliphatic carbocycles. The molecule has 0 spiro atoms. The summed E-state index contributed by atoms with van der Waals surface area (Å²) in [7, 11) is 3.20. The van der Waals surface area contributed by atoms with Gasteiger partial charge in [-0.2, -0.15) is 0 Å². The van der Waals surface area contributed by atoms with Gasteiger partial charge >= 0.3 is 7.12 Å². The summed E-state index contributed by atoms with van der Waals surface area (Å²) in [5.74, 6) is 0.795. The second-order valence-electron chi connectivity index (χ2n) is 6.19. The molecule has 1 heterocycles. The Hall–Kier alpha value is -1.04. The van der Waals surface area contributed by atoms with Crippen LogP contribution < -0.4 is 15.5 Å². The standard InChI is InChI=1S/C15H24BNO3/c1-14(2)15(3,4)20-16(19-14)12-9-11(10-17-5)7-8-13(12)18-6/h7-9,17H,10H2,1-6H3. The predicted octanol–water partition coefficient (Wildman–Crippen LogP) is 1.71. The third kappa shape index (κ3) is 2.71. The van der Waals surface area contributed by atoms with Gasteiger partial charge in [0.15, 0.2) is 0 Å². The number of rotatable bonds is 4. The lowest BCUT2D eigenvalue weighted by Gasteiger charge is -2.32. The van der Waals surface area contributed by atoms with Crippen LogP contribution >= 0.6 is 0 Å². The zero-order valence-corrected chi connectivity index (χ0v) is 13.2. The van der Waals surface area contributed by atoms with Crippen molar-refractivity contribution >= 4 is 12.6 Å². The third-order valence-corrected chi connectivity index (χ3v) is 4.18. The van der Waals surface area contributed by atoms with Crippen molar-refractivity contribution in [2.75, 3.05) is 14.2 Å². The first kappa shape index (κ1) is 15.4. The van der Waals surface area contributed by atoms with Crippen LogP contribution in [0, 0.1) is 0 Å². The van der Waals surface area contributed by atoms with Crippen molar-refractivity contribution in [3.63, 3.8) is 0 Å². The second-order valence-corrected chi connectivity index (χ2v) is 6.19. The van der Waals surface area contributed by atoms with Gasteiger partial charge in [-0.25, -0.2) is 0 Å². The highest BCUT2D eigenvalue weighted by Crippen LogP contribution is 2.37. The molecular weight excluding hydrogens is 253 g/mol. The van der Waals surface area contributed by atoms with Crippen molar-refractivity contribution in [1.29, 1.82) is 0 Å². The van der Waals surface area contributed by atoms with Gasteiger partial charge in [0.25, 0.3) is 0 Å². The number of benzene rings is 1. The molecule has 110 valence electrons. The number of methoxy groups -OCH3 is 1. The largest absolute Gasteiger partial charge is 0.498 e. The molecule has 1 aliphatic rings. The maximum absolute atomic E-state index is 6.10. The number of hydrogen-bond acceptors (Lipinski definition) is 4. The molecule has 0 bridgehead atoms. The average molecular weight is 277 g/mol. The minimum atomic E-state index is -0.397. The summed E-state index contributed by atoms with van der Waals surface area (Å²) in [6.07, 6.45) is 0. The van der Waals surface area contributed by atoms with E-state index in [1.807, 2.05) is 19.2 Å². The minimum Gasteiger partial charge on any atom is -0.497 e. The quantitative estimate of drug-likeness (QED) is 0.851. The summed E-state index contributed by atoms with van der Waals surface area (Å²) in [6, 6.07) is 6.09. The molecule has 1 aromatic carbocycles. The van der Waals surface area contributed by atoms with Crippen LogP contribution in [0.4, 0.5) is 0 Å². The molecule has 1 aromatic rings. The van der Waals surface area contributed by atoms with Crippen LogP contribution in [0.5, 0.6) is 5.75 Å². The Morgan fingerprint density at radius 1 is 1.15 bits per heavy atom. The van der Waals surface area contributed by atoms with E-state index < -0.39 is 7.12 Å². The van der Waals surface area contributed by atoms with Crippen LogP contribution in [-0.4, -0.2) is 32.5 Å². The van der Waals surface area contributed by atoms with E-state index in [9.17, 15) is 0 Å². The molecule has 1 fully saturated rings. The van der Waals surface area contributed by atoms with Crippen molar-refractivity contribution in [1.82, 2.24) is 5.32 Å². The molecule has 20 heavy (non-hydrogen) atoms. The highest BCUT2D eigenvalue weighted by Gasteiger charge is 2.52. The first-order valence-corrected chi connectivity index (χ1v) is 6.98. The van der Waals surface area contributed by atoms with Crippen LogP contribution in [0.25, 0.3) is 0 Å². The Morgan fingerprint density at radius 2 is 1.75 bits per heavy atom. The maximum Gasteiger partial charge on any atom is 0.498 e. The fourth-order valence-electron chi connectivity index (χ4n) is 2.25. The van der Waals surface area contributed by atoms with E-state index in [1.54, 1.807) is 7.11 Å². The van der Waals surface area contributed by atoms with E-state index in [0.717, 1.165) is 17.8 Å². The van der Waals surface area contributed by atoms with Crippen LogP contribution in [0.15, 0.2) is 18.2 Å². The summed E-state index contributed by atoms with van der Waals surface area (Å²) in [6.45, 7) is 9.01. The van der Waals surface area contributed by atoms with Gasteiger partial charge in [0.05, 0.1) is 18.3 Å². The Labute approximate surface area is 121 Å². The Morgan fingerprint density at radius 3 is 2.25 bits per heavy atom. The van der Waals surface area contributed by atoms with E-state index in [2.05, 4.69) is 39.1 Å². The van der Waals surface area contributed by atoms with Crippen molar-refractivity contribution in [3.05, 3.63) is 23.8 Å². The Bertz CT molecular complexity index is 472. The molecule has 5 heteroatoms. The molecule has 0 aromatic heterocycles. The van der Waals surface area contributed by atoms with Gasteiger partial charge in [-0.1, -0.05) is 12.1 Å². The van der Waals surface area contributed by atoms with Gasteiger partial charge in [0, 0.05) is 12.0 Å². The van der Waals surface area contributed by atoms with Crippen molar-refractivity contribution in [3.8, 4) is 5.75 Å². The summed E-state index contributed by atoms with van der Waals surface area (Å²) >= 11 is 0. The second kappa shape index (κ2) is 5.39. The lowest BCUT2D eigenvalue weighted by molar-refractivity contribution is 0.00578. The molecule has 4 nitrogen and oxygen atoms in total. The highest BCUT2D eigenvalue weighted by molar-refractivity contribution is 6.63. The molecule has 1 saturated heterocycles. The zero-order chi connectivity index (χ0) is 15.0. The number of ether oxygens (including phenoxy) is 1. The van der Waals surface area contributed by atoms with E-state index >= 15 is 0 Å². The fraction of sp³-hybridized carbons (Fsp3) is 0.600. The monoisotopic (exact) mass is 277 g/mol. The van der Waals surface area contributed by atoms with Crippen molar-refractivity contribution in [2.24, 2.45) is 0 Å². The van der Waals surface area contributed by atoms with Gasteiger partial charge < -0.3 is 19.4 Å². The Balaban J connectivity index is 2.35. The summed E-state index contributed by atoms with van der Waals surface area (Å²) < 4.78 is 17.7. The molecule has 0 radical (unpaired) electrons. The first-order chi connectivity index (χ1) is 9.30. The smallest absolute Gasteiger partial charge is 0.497 e. The van der Waals surface area contributed by atoms with Crippen LogP contribution in [0.3, 0.4) is 0 Å². The molecule has 1 N–H and O–H groups in total. The average Bonchev–Trinajstić information content (AvgIpc) is 2.59. The molecule has 0 amide bonds. The van der Waals surface area contributed by atoms with E-state index in [4.69, 9.17) is 14.0 Å². The van der Waals surface area contributed by atoms with E-state index in [0.29, 0.717) is 0 Å². The number of nitrogens with one attached hydrogen (secondary N) is 1. The zero-order valence-electron chi connectivity index (χ0n) is 13.2. The van der Waals surface area contributed by atoms with Gasteiger partial charge in [-0.05, 0) is 46.4 Å². The van der Waals surface area contributed by atoms with Gasteiger partial charge in [0.1, 0.15) is 5.75 Å². The lowest BCUT2D eigenvalue weighted by Crippen LogP contribution is -2.41. The van der Waals surface area contributed by atoms with Crippen LogP contribution in [0.1, 0.15) is 33.3 Å². The topological polar surface area (TPSA) is 39.7 Å². The Kier molecular flexibility index (Phi) is 4.14. The normalized spacial score (nSPS) is 20.2. The highest BCUT2D eigenvalue weighted by atomic mass is 16.7. The molecule has 0 saturated carbocycles. The first-order valence-electron chi connectivity index (χ1n) is 6.98. The molecule has 0 unspecified atom stereocenters. The third-order valence-electron chi connectivity index (χ3n) is 4.18. The van der Waals surface area contributed by atoms with Gasteiger partial charge in [-0.3, -0.25) is 0 Å². The fourth-order valence-corrected chi connectivity index (χ4v) is 2.25. The minimum absolute atomic E-state index is 0.346. The predicted molar refractivity (Wildman–Crippen MR) is 81.5 cm³/mol. The molecule has 1 aliphatic heterocycles. The van der Waals surface area contributed by atoms with E-state index in [1.165, 1.54) is 5.56 Å². The molecular formula is C15H24BNO3. The lowest BCUT2D eigenvalue weighted by atomic mass is 9.77. The SMILES string of the molecule is CNCc1ccc(OC)c(B2OC(C)(C)C(C)(C)O2)c1. The van der Waals surface area contributed by atoms with Crippen molar-refractivity contribution < 1.29 is 14.0 Å². The molecule has 2 rings (SSSR count).